The minimum Gasteiger partial charge on any atom is -0.392 e. The zero-order chi connectivity index (χ0) is 14.9. The number of benzene rings is 1. The summed E-state index contributed by atoms with van der Waals surface area (Å²) in [7, 11) is 0. The molecular weight excluding hydrogens is 306 g/mol. The Hall–Kier alpha value is -1.27. The van der Waals surface area contributed by atoms with Crippen LogP contribution in [-0.4, -0.2) is 10.9 Å². The topological polar surface area (TPSA) is 55.1 Å². The number of carbonyl (C=O) groups is 1. The molecule has 1 aliphatic carbocycles. The summed E-state index contributed by atoms with van der Waals surface area (Å²) in [5.41, 5.74) is 4.45. The molecule has 7 heteroatoms. The number of thiocarbonyl (C=S) groups is 1. The van der Waals surface area contributed by atoms with E-state index in [-0.39, 0.29) is 15.7 Å². The zero-order valence-electron chi connectivity index (χ0n) is 10.5. The Morgan fingerprint density at radius 2 is 1.95 bits per heavy atom. The molecule has 2 rings (SSSR count). The predicted molar refractivity (Wildman–Crippen MR) is 77.7 cm³/mol. The molecule has 0 spiro atoms. The highest BCUT2D eigenvalue weighted by atomic mass is 35.5. The van der Waals surface area contributed by atoms with Crippen LogP contribution in [0.5, 0.6) is 0 Å². The van der Waals surface area contributed by atoms with Crippen LogP contribution in [-0.2, 0) is 4.79 Å². The molecule has 1 aromatic carbocycles. The van der Waals surface area contributed by atoms with Gasteiger partial charge in [0.2, 0.25) is 5.91 Å². The van der Waals surface area contributed by atoms with Crippen molar-refractivity contribution >= 4 is 40.4 Å². The Bertz CT molecular complexity index is 550. The monoisotopic (exact) mass is 318 g/mol. The summed E-state index contributed by atoms with van der Waals surface area (Å²) in [6.45, 7) is 0. The van der Waals surface area contributed by atoms with Crippen molar-refractivity contribution in [1.82, 2.24) is 0 Å². The Morgan fingerprint density at radius 1 is 1.35 bits per heavy atom. The van der Waals surface area contributed by atoms with E-state index >= 15 is 0 Å². The molecule has 0 radical (unpaired) electrons. The first-order valence-corrected chi connectivity index (χ1v) is 6.91. The molecular formula is C13H13ClF2N2OS. The molecule has 3 nitrogen and oxygen atoms in total. The fourth-order valence-corrected chi connectivity index (χ4v) is 3.00. The van der Waals surface area contributed by atoms with Crippen LogP contribution in [0.1, 0.15) is 25.7 Å². The van der Waals surface area contributed by atoms with E-state index in [1.165, 1.54) is 0 Å². The van der Waals surface area contributed by atoms with Gasteiger partial charge in [-0.15, -0.1) is 0 Å². The van der Waals surface area contributed by atoms with Gasteiger partial charge in [0.25, 0.3) is 0 Å². The number of carbonyl (C=O) groups excluding carboxylic acids is 1. The molecule has 1 saturated carbocycles. The van der Waals surface area contributed by atoms with E-state index in [1.807, 2.05) is 0 Å². The molecule has 3 N–H and O–H groups in total. The minimum atomic E-state index is -0.973. The minimum absolute atomic E-state index is 0.0890. The van der Waals surface area contributed by atoms with Crippen molar-refractivity contribution in [1.29, 1.82) is 0 Å². The second-order valence-corrected chi connectivity index (χ2v) is 5.70. The van der Waals surface area contributed by atoms with Crippen molar-refractivity contribution in [3.63, 3.8) is 0 Å². The maximum atomic E-state index is 13.7. The number of nitrogens with one attached hydrogen (secondary N) is 1. The Labute approximate surface area is 125 Å². The highest BCUT2D eigenvalue weighted by molar-refractivity contribution is 7.80. The molecule has 1 fully saturated rings. The van der Waals surface area contributed by atoms with Crippen LogP contribution < -0.4 is 11.1 Å². The van der Waals surface area contributed by atoms with Gasteiger partial charge in [-0.2, -0.15) is 0 Å². The van der Waals surface area contributed by atoms with Crippen LogP contribution >= 0.6 is 23.8 Å². The number of amides is 1. The van der Waals surface area contributed by atoms with E-state index in [0.717, 1.165) is 18.9 Å². The third-order valence-corrected chi connectivity index (χ3v) is 4.30. The van der Waals surface area contributed by atoms with Crippen molar-refractivity contribution in [2.24, 2.45) is 11.1 Å². The largest absolute Gasteiger partial charge is 0.392 e. The predicted octanol–water partition coefficient (Wildman–Crippen LogP) is 3.40. The van der Waals surface area contributed by atoms with Crippen LogP contribution in [0, 0.1) is 17.0 Å². The fraction of sp³-hybridized carbons (Fsp3) is 0.385. The van der Waals surface area contributed by atoms with Gasteiger partial charge in [-0.3, -0.25) is 4.79 Å². The fourth-order valence-electron chi connectivity index (χ4n) is 2.46. The summed E-state index contributed by atoms with van der Waals surface area (Å²) >= 11 is 10.7. The number of hydrogen-bond donors (Lipinski definition) is 2. The van der Waals surface area contributed by atoms with E-state index in [2.05, 4.69) is 5.32 Å². The Balaban J connectivity index is 2.30. The van der Waals surface area contributed by atoms with Gasteiger partial charge in [-0.1, -0.05) is 36.7 Å². The van der Waals surface area contributed by atoms with Gasteiger partial charge in [0.1, 0.15) is 5.82 Å². The molecule has 0 aliphatic heterocycles. The lowest BCUT2D eigenvalue weighted by Gasteiger charge is -2.26. The van der Waals surface area contributed by atoms with Gasteiger partial charge in [-0.05, 0) is 18.9 Å². The molecule has 0 unspecified atom stereocenters. The number of nitrogens with two attached hydrogens (primary N) is 1. The van der Waals surface area contributed by atoms with E-state index in [9.17, 15) is 13.6 Å². The maximum absolute atomic E-state index is 13.7. The average molecular weight is 319 g/mol. The Kier molecular flexibility index (Phi) is 4.25. The molecule has 0 bridgehead atoms. The van der Waals surface area contributed by atoms with Crippen LogP contribution in [0.4, 0.5) is 14.5 Å². The molecule has 108 valence electrons. The van der Waals surface area contributed by atoms with Gasteiger partial charge in [0, 0.05) is 6.07 Å². The van der Waals surface area contributed by atoms with E-state index in [0.29, 0.717) is 18.9 Å². The molecule has 1 aromatic rings. The quantitative estimate of drug-likeness (QED) is 0.840. The second-order valence-electron chi connectivity index (χ2n) is 4.85. The van der Waals surface area contributed by atoms with Crippen LogP contribution in [0.2, 0.25) is 5.02 Å². The molecule has 0 aromatic heterocycles. The molecule has 1 amide bonds. The van der Waals surface area contributed by atoms with Gasteiger partial charge < -0.3 is 11.1 Å². The molecule has 1 aliphatic rings. The number of rotatable bonds is 3. The Morgan fingerprint density at radius 3 is 2.45 bits per heavy atom. The van der Waals surface area contributed by atoms with Crippen LogP contribution in [0.25, 0.3) is 0 Å². The first-order valence-electron chi connectivity index (χ1n) is 6.13. The van der Waals surface area contributed by atoms with Gasteiger partial charge in [-0.25, -0.2) is 8.78 Å². The normalized spacial score (nSPS) is 16.9. The zero-order valence-corrected chi connectivity index (χ0v) is 12.1. The smallest absolute Gasteiger partial charge is 0.237 e. The van der Waals surface area contributed by atoms with Crippen molar-refractivity contribution in [2.75, 3.05) is 5.32 Å². The molecule has 20 heavy (non-hydrogen) atoms. The van der Waals surface area contributed by atoms with E-state index < -0.39 is 23.0 Å². The number of hydrogen-bond acceptors (Lipinski definition) is 2. The summed E-state index contributed by atoms with van der Waals surface area (Å²) in [4.78, 5) is 12.5. The van der Waals surface area contributed by atoms with Crippen molar-refractivity contribution in [3.05, 3.63) is 28.8 Å². The highest BCUT2D eigenvalue weighted by Gasteiger charge is 2.44. The van der Waals surface area contributed by atoms with E-state index in [1.54, 1.807) is 0 Å². The lowest BCUT2D eigenvalue weighted by Crippen LogP contribution is -2.44. The van der Waals surface area contributed by atoms with Gasteiger partial charge in [0.15, 0.2) is 5.82 Å². The number of halogens is 3. The third-order valence-electron chi connectivity index (χ3n) is 3.61. The molecule has 0 heterocycles. The molecule has 0 saturated heterocycles. The summed E-state index contributed by atoms with van der Waals surface area (Å²) < 4.78 is 26.7. The van der Waals surface area contributed by atoms with Gasteiger partial charge in [0.05, 0.1) is 21.1 Å². The number of anilines is 1. The van der Waals surface area contributed by atoms with Crippen LogP contribution in [0.3, 0.4) is 0 Å². The first-order chi connectivity index (χ1) is 9.36. The molecule has 0 atom stereocenters. The summed E-state index contributed by atoms with van der Waals surface area (Å²) in [5, 5.41) is 2.19. The summed E-state index contributed by atoms with van der Waals surface area (Å²) in [5.74, 6) is -2.23. The van der Waals surface area contributed by atoms with Crippen molar-refractivity contribution < 1.29 is 13.6 Å². The standard InChI is InChI=1S/C13H13ClF2N2OS/c14-8-5-7(15)6-9(16)10(8)18-12(19)13(11(17)20)3-1-2-4-13/h5-6H,1-4H2,(H2,17,20)(H,18,19). The SMILES string of the molecule is NC(=S)C1(C(=O)Nc2c(F)cc(F)cc2Cl)CCCC1. The van der Waals surface area contributed by atoms with Crippen molar-refractivity contribution in [3.8, 4) is 0 Å². The van der Waals surface area contributed by atoms with Gasteiger partial charge >= 0.3 is 0 Å². The van der Waals surface area contributed by atoms with Crippen LogP contribution in [0.15, 0.2) is 12.1 Å². The summed E-state index contributed by atoms with van der Waals surface area (Å²) in [6.07, 6.45) is 2.69. The second kappa shape index (κ2) is 5.61. The van der Waals surface area contributed by atoms with E-state index in [4.69, 9.17) is 29.6 Å². The maximum Gasteiger partial charge on any atom is 0.237 e. The highest BCUT2D eigenvalue weighted by Crippen LogP contribution is 2.40. The average Bonchev–Trinajstić information content (AvgIpc) is 2.83. The lowest BCUT2D eigenvalue weighted by atomic mass is 9.85. The first kappa shape index (κ1) is 15.1. The van der Waals surface area contributed by atoms with Crippen molar-refractivity contribution in [2.45, 2.75) is 25.7 Å². The lowest BCUT2D eigenvalue weighted by molar-refractivity contribution is -0.122. The summed E-state index contributed by atoms with van der Waals surface area (Å²) in [6, 6.07) is 1.59. The third kappa shape index (κ3) is 2.62.